The van der Waals surface area contributed by atoms with Crippen LogP contribution in [0.3, 0.4) is 0 Å². The second-order valence-corrected chi connectivity index (χ2v) is 13.4. The topological polar surface area (TPSA) is 104 Å². The van der Waals surface area contributed by atoms with E-state index in [1.165, 1.54) is 12.5 Å². The second kappa shape index (κ2) is 10.1. The van der Waals surface area contributed by atoms with Gasteiger partial charge in [-0.25, -0.2) is 0 Å². The van der Waals surface area contributed by atoms with Crippen LogP contribution in [0.1, 0.15) is 92.9 Å². The highest BCUT2D eigenvalue weighted by atomic mass is 16.5. The maximum absolute atomic E-state index is 12.6. The van der Waals surface area contributed by atoms with Crippen LogP contribution in [0.2, 0.25) is 0 Å². The lowest BCUT2D eigenvalue weighted by Gasteiger charge is -2.64. The third kappa shape index (κ3) is 4.55. The van der Waals surface area contributed by atoms with E-state index in [-0.39, 0.29) is 52.5 Å². The first-order chi connectivity index (χ1) is 16.8. The summed E-state index contributed by atoms with van der Waals surface area (Å²) < 4.78 is 5.89. The van der Waals surface area contributed by atoms with E-state index in [2.05, 4.69) is 26.8 Å². The standard InChI is InChI=1S/C30H48O6/c1-16(2)8-7-9-19(28(34)35)26-22-14-24(33)27-21(30(22,6)15-25(26)36-18(4)31)11-10-20-17(3)23(32)12-13-29(20,27)5/h8,17,19-27,32-33H,7,9-15H2,1-6H3,(H,34,35)/t17-,19?,20-,21?,22-,23+,24+,25?,26?,27+,29-,30+/m0/s1. The summed E-state index contributed by atoms with van der Waals surface area (Å²) in [5.74, 6) is -1.11. The average molecular weight is 505 g/mol. The maximum Gasteiger partial charge on any atom is 0.306 e. The molecule has 0 aromatic carbocycles. The summed E-state index contributed by atoms with van der Waals surface area (Å²) >= 11 is 0. The number of allylic oxidation sites excluding steroid dienone is 2. The molecule has 0 amide bonds. The number of esters is 1. The first-order valence-electron chi connectivity index (χ1n) is 14.2. The van der Waals surface area contributed by atoms with Crippen molar-refractivity contribution >= 4 is 11.9 Å². The average Bonchev–Trinajstić information content (AvgIpc) is 3.04. The Hall–Kier alpha value is -1.40. The van der Waals surface area contributed by atoms with Crippen LogP contribution < -0.4 is 0 Å². The molecular weight excluding hydrogens is 456 g/mol. The molecule has 4 saturated carbocycles. The Morgan fingerprint density at radius 3 is 2.28 bits per heavy atom. The van der Waals surface area contributed by atoms with Crippen molar-refractivity contribution in [3.63, 3.8) is 0 Å². The molecule has 6 heteroatoms. The molecular formula is C30H48O6. The van der Waals surface area contributed by atoms with Crippen LogP contribution in [0.5, 0.6) is 0 Å². The monoisotopic (exact) mass is 504 g/mol. The van der Waals surface area contributed by atoms with Crippen molar-refractivity contribution in [2.24, 2.45) is 52.3 Å². The zero-order valence-corrected chi connectivity index (χ0v) is 23.1. The highest BCUT2D eigenvalue weighted by Crippen LogP contribution is 2.69. The van der Waals surface area contributed by atoms with E-state index in [9.17, 15) is 24.9 Å². The van der Waals surface area contributed by atoms with E-state index in [1.807, 2.05) is 13.8 Å². The number of carbonyl (C=O) groups is 2. The van der Waals surface area contributed by atoms with Crippen molar-refractivity contribution in [3.8, 4) is 0 Å². The summed E-state index contributed by atoms with van der Waals surface area (Å²) in [5, 5.41) is 32.7. The van der Waals surface area contributed by atoms with Gasteiger partial charge in [-0.05, 0) is 106 Å². The van der Waals surface area contributed by atoms with Crippen molar-refractivity contribution in [3.05, 3.63) is 11.6 Å². The minimum absolute atomic E-state index is 0.00217. The van der Waals surface area contributed by atoms with E-state index >= 15 is 0 Å². The van der Waals surface area contributed by atoms with Gasteiger partial charge >= 0.3 is 11.9 Å². The van der Waals surface area contributed by atoms with Crippen LogP contribution in [-0.2, 0) is 14.3 Å². The minimum Gasteiger partial charge on any atom is -0.481 e. The number of carbonyl (C=O) groups excluding carboxylic acids is 1. The number of aliphatic hydroxyl groups is 2. The Morgan fingerprint density at radius 2 is 1.67 bits per heavy atom. The van der Waals surface area contributed by atoms with Crippen LogP contribution in [0, 0.1) is 52.3 Å². The zero-order valence-electron chi connectivity index (χ0n) is 23.1. The summed E-state index contributed by atoms with van der Waals surface area (Å²) in [6.45, 7) is 12.2. The van der Waals surface area contributed by atoms with Gasteiger partial charge in [0.15, 0.2) is 0 Å². The van der Waals surface area contributed by atoms with Crippen LogP contribution in [0.15, 0.2) is 11.6 Å². The van der Waals surface area contributed by atoms with Crippen LogP contribution >= 0.6 is 0 Å². The quantitative estimate of drug-likeness (QED) is 0.339. The fourth-order valence-corrected chi connectivity index (χ4v) is 9.81. The van der Waals surface area contributed by atoms with Gasteiger partial charge in [-0.15, -0.1) is 0 Å². The second-order valence-electron chi connectivity index (χ2n) is 13.4. The summed E-state index contributed by atoms with van der Waals surface area (Å²) in [4.78, 5) is 24.7. The molecule has 0 aliphatic heterocycles. The molecule has 0 heterocycles. The van der Waals surface area contributed by atoms with E-state index in [0.717, 1.165) is 25.7 Å². The van der Waals surface area contributed by atoms with Crippen molar-refractivity contribution in [1.29, 1.82) is 0 Å². The summed E-state index contributed by atoms with van der Waals surface area (Å²) in [7, 11) is 0. The van der Waals surface area contributed by atoms with Gasteiger partial charge in [0.2, 0.25) is 0 Å². The van der Waals surface area contributed by atoms with E-state index in [1.54, 1.807) is 0 Å². The van der Waals surface area contributed by atoms with Crippen LogP contribution in [-0.4, -0.2) is 45.6 Å². The number of carboxylic acid groups (broad SMARTS) is 1. The van der Waals surface area contributed by atoms with Gasteiger partial charge in [0.25, 0.3) is 0 Å². The smallest absolute Gasteiger partial charge is 0.306 e. The Morgan fingerprint density at radius 1 is 1.00 bits per heavy atom. The molecule has 4 aliphatic rings. The van der Waals surface area contributed by atoms with Gasteiger partial charge in [0, 0.05) is 12.8 Å². The summed E-state index contributed by atoms with van der Waals surface area (Å²) in [5.41, 5.74) is 0.936. The first-order valence-corrected chi connectivity index (χ1v) is 14.2. The van der Waals surface area contributed by atoms with E-state index in [0.29, 0.717) is 31.6 Å². The Kier molecular flexibility index (Phi) is 7.72. The largest absolute Gasteiger partial charge is 0.481 e. The maximum atomic E-state index is 12.6. The summed E-state index contributed by atoms with van der Waals surface area (Å²) in [6.07, 6.45) is 6.97. The lowest BCUT2D eigenvalue weighted by atomic mass is 9.41. The highest BCUT2D eigenvalue weighted by Gasteiger charge is 2.67. The normalized spacial score (nSPS) is 46.6. The molecule has 0 bridgehead atoms. The third-order valence-electron chi connectivity index (χ3n) is 11.3. The van der Waals surface area contributed by atoms with Gasteiger partial charge in [0.05, 0.1) is 18.1 Å². The predicted octanol–water partition coefficient (Wildman–Crippen LogP) is 5.21. The summed E-state index contributed by atoms with van der Waals surface area (Å²) in [6, 6.07) is 0. The molecule has 4 aliphatic carbocycles. The molecule has 0 saturated heterocycles. The fourth-order valence-electron chi connectivity index (χ4n) is 9.81. The molecule has 0 radical (unpaired) electrons. The SMILES string of the molecule is CC(=O)OC1C[C@]2(C)C3CC[C@H]4[C@H](C)[C@H](O)CC[C@]4(C)[C@H]3[C@H](O)C[C@H]2C1C(CCC=C(C)C)C(=O)O. The van der Waals surface area contributed by atoms with Crippen molar-refractivity contribution in [2.75, 3.05) is 0 Å². The Balaban J connectivity index is 1.70. The lowest BCUT2D eigenvalue weighted by Crippen LogP contribution is -2.61. The fraction of sp³-hybridized carbons (Fsp3) is 0.867. The number of aliphatic carboxylic acids is 1. The first kappa shape index (κ1) is 27.6. The molecule has 4 unspecified atom stereocenters. The molecule has 3 N–H and O–H groups in total. The van der Waals surface area contributed by atoms with Crippen molar-refractivity contribution in [1.82, 2.24) is 0 Å². The van der Waals surface area contributed by atoms with Crippen molar-refractivity contribution in [2.45, 2.75) is 111 Å². The number of carboxylic acids is 1. The third-order valence-corrected chi connectivity index (χ3v) is 11.3. The van der Waals surface area contributed by atoms with Crippen LogP contribution in [0.25, 0.3) is 0 Å². The molecule has 6 nitrogen and oxygen atoms in total. The van der Waals surface area contributed by atoms with Gasteiger partial charge in [0.1, 0.15) is 6.10 Å². The predicted molar refractivity (Wildman–Crippen MR) is 138 cm³/mol. The van der Waals surface area contributed by atoms with Crippen molar-refractivity contribution < 1.29 is 29.6 Å². The number of rotatable bonds is 6. The van der Waals surface area contributed by atoms with Gasteiger partial charge in [-0.2, -0.15) is 0 Å². The van der Waals surface area contributed by atoms with E-state index < -0.39 is 24.1 Å². The number of hydrogen-bond acceptors (Lipinski definition) is 5. The highest BCUT2D eigenvalue weighted by molar-refractivity contribution is 5.71. The molecule has 0 aromatic rings. The molecule has 0 aromatic heterocycles. The van der Waals surface area contributed by atoms with Crippen LogP contribution in [0.4, 0.5) is 0 Å². The molecule has 4 fully saturated rings. The minimum atomic E-state index is -0.828. The van der Waals surface area contributed by atoms with E-state index in [4.69, 9.17) is 4.74 Å². The number of hydrogen-bond donors (Lipinski definition) is 3. The molecule has 12 atom stereocenters. The zero-order chi connectivity index (χ0) is 26.6. The number of ether oxygens (including phenoxy) is 1. The Bertz CT molecular complexity index is 879. The number of aliphatic hydroxyl groups excluding tert-OH is 2. The van der Waals surface area contributed by atoms with Gasteiger partial charge < -0.3 is 20.1 Å². The molecule has 0 spiro atoms. The Labute approximate surface area is 216 Å². The van der Waals surface area contributed by atoms with Gasteiger partial charge in [-0.3, -0.25) is 9.59 Å². The lowest BCUT2D eigenvalue weighted by molar-refractivity contribution is -0.197. The molecule has 36 heavy (non-hydrogen) atoms. The number of fused-ring (bicyclic) bond motifs is 5. The molecule has 4 rings (SSSR count). The van der Waals surface area contributed by atoms with Gasteiger partial charge in [-0.1, -0.05) is 32.4 Å². The molecule has 204 valence electrons.